The minimum absolute atomic E-state index is 0.211. The lowest BCUT2D eigenvalue weighted by atomic mass is 9.95. The van der Waals surface area contributed by atoms with Crippen molar-refractivity contribution in [2.75, 3.05) is 38.1 Å². The Morgan fingerprint density at radius 3 is 2.59 bits per heavy atom. The highest BCUT2D eigenvalue weighted by molar-refractivity contribution is 6.31. The van der Waals surface area contributed by atoms with Gasteiger partial charge < -0.3 is 15.1 Å². The number of carbonyl (C=O) groups excluding carboxylic acids is 2. The molecule has 7 heteroatoms. The van der Waals surface area contributed by atoms with Gasteiger partial charge in [0.1, 0.15) is 0 Å². The van der Waals surface area contributed by atoms with Crippen LogP contribution in [0.25, 0.3) is 0 Å². The molecule has 1 fully saturated rings. The Bertz CT molecular complexity index is 887. The molecule has 2 amide bonds. The van der Waals surface area contributed by atoms with Crippen molar-refractivity contribution in [3.8, 4) is 0 Å². The number of halogens is 1. The fourth-order valence-electron chi connectivity index (χ4n) is 4.13. The van der Waals surface area contributed by atoms with Crippen molar-refractivity contribution in [2.24, 2.45) is 10.9 Å². The van der Waals surface area contributed by atoms with Gasteiger partial charge in [0.05, 0.1) is 12.0 Å². The third-order valence-corrected chi connectivity index (χ3v) is 5.98. The summed E-state index contributed by atoms with van der Waals surface area (Å²) in [5.41, 5.74) is 4.06. The summed E-state index contributed by atoms with van der Waals surface area (Å²) in [6, 6.07) is 4.06. The largest absolute Gasteiger partial charge is 0.366 e. The molecular formula is C22H29ClN4O2. The van der Waals surface area contributed by atoms with Crippen molar-refractivity contribution in [1.82, 2.24) is 10.2 Å². The molecule has 6 nitrogen and oxygen atoms in total. The lowest BCUT2D eigenvalue weighted by Crippen LogP contribution is -2.58. The first kappa shape index (κ1) is 21.5. The minimum atomic E-state index is -0.417. The predicted molar refractivity (Wildman–Crippen MR) is 118 cm³/mol. The van der Waals surface area contributed by atoms with Gasteiger partial charge in [-0.15, -0.1) is 0 Å². The van der Waals surface area contributed by atoms with Crippen LogP contribution >= 0.6 is 11.6 Å². The van der Waals surface area contributed by atoms with Crippen molar-refractivity contribution in [3.63, 3.8) is 0 Å². The number of likely N-dealkylation sites (tertiary alicyclic amines) is 1. The number of carbonyl (C=O) groups is 2. The van der Waals surface area contributed by atoms with Gasteiger partial charge in [0.2, 0.25) is 0 Å². The van der Waals surface area contributed by atoms with Gasteiger partial charge >= 0.3 is 0 Å². The van der Waals surface area contributed by atoms with Crippen molar-refractivity contribution in [2.45, 2.75) is 33.7 Å². The number of hydrogen-bond donors (Lipinski definition) is 1. The first-order valence-corrected chi connectivity index (χ1v) is 10.4. The number of allylic oxidation sites excluding steroid dienone is 1. The molecule has 29 heavy (non-hydrogen) atoms. The molecule has 0 aliphatic carbocycles. The summed E-state index contributed by atoms with van der Waals surface area (Å²) in [6.45, 7) is 10.8. The summed E-state index contributed by atoms with van der Waals surface area (Å²) in [7, 11) is 2.10. The monoisotopic (exact) mass is 416 g/mol. The number of benzene rings is 1. The number of likely N-dealkylation sites (N-methyl/N-ethyl adjacent to an activating group) is 2. The average molecular weight is 417 g/mol. The Morgan fingerprint density at radius 1 is 1.31 bits per heavy atom. The molecule has 3 rings (SSSR count). The molecule has 1 saturated heterocycles. The molecule has 1 aromatic carbocycles. The first-order chi connectivity index (χ1) is 13.7. The molecule has 0 radical (unpaired) electrons. The van der Waals surface area contributed by atoms with E-state index in [1.807, 2.05) is 26.0 Å². The van der Waals surface area contributed by atoms with E-state index in [0.717, 1.165) is 36.5 Å². The van der Waals surface area contributed by atoms with Gasteiger partial charge in [-0.3, -0.25) is 9.59 Å². The number of hydrogen-bond acceptors (Lipinski definition) is 4. The van der Waals surface area contributed by atoms with Crippen LogP contribution in [-0.2, 0) is 4.79 Å². The molecule has 156 valence electrons. The van der Waals surface area contributed by atoms with Gasteiger partial charge in [-0.2, -0.15) is 0 Å². The van der Waals surface area contributed by atoms with Crippen molar-refractivity contribution in [1.29, 1.82) is 0 Å². The van der Waals surface area contributed by atoms with E-state index in [1.165, 1.54) is 0 Å². The normalized spacial score (nSPS) is 20.1. The predicted octanol–water partition coefficient (Wildman–Crippen LogP) is 3.08. The van der Waals surface area contributed by atoms with Crippen LogP contribution in [0.4, 0.5) is 5.69 Å². The zero-order valence-electron chi connectivity index (χ0n) is 17.8. The highest BCUT2D eigenvalue weighted by atomic mass is 35.5. The molecule has 0 saturated carbocycles. The molecule has 1 aromatic rings. The molecule has 2 aliphatic heterocycles. The van der Waals surface area contributed by atoms with Crippen LogP contribution in [0.2, 0.25) is 5.02 Å². The van der Waals surface area contributed by atoms with E-state index >= 15 is 0 Å². The fraction of sp³-hybridized carbons (Fsp3) is 0.500. The molecular weight excluding hydrogens is 388 g/mol. The number of amides is 2. The zero-order valence-corrected chi connectivity index (χ0v) is 18.5. The molecule has 0 aromatic heterocycles. The van der Waals surface area contributed by atoms with Crippen LogP contribution in [0.1, 0.15) is 36.7 Å². The molecule has 1 N–H and O–H groups in total. The summed E-state index contributed by atoms with van der Waals surface area (Å²) in [4.78, 5) is 33.7. The van der Waals surface area contributed by atoms with Gasteiger partial charge in [0.15, 0.2) is 0 Å². The summed E-state index contributed by atoms with van der Waals surface area (Å²) >= 11 is 6.37. The van der Waals surface area contributed by atoms with Crippen LogP contribution in [0, 0.1) is 12.8 Å². The van der Waals surface area contributed by atoms with E-state index in [0.29, 0.717) is 22.3 Å². The number of nitrogens with one attached hydrogen (secondary N) is 1. The van der Waals surface area contributed by atoms with E-state index in [1.54, 1.807) is 13.0 Å². The zero-order chi connectivity index (χ0) is 21.3. The smallest absolute Gasteiger partial charge is 0.254 e. The van der Waals surface area contributed by atoms with E-state index in [2.05, 4.69) is 34.1 Å². The van der Waals surface area contributed by atoms with Crippen molar-refractivity contribution < 1.29 is 9.59 Å². The van der Waals surface area contributed by atoms with E-state index in [4.69, 9.17) is 11.6 Å². The lowest BCUT2D eigenvalue weighted by Gasteiger charge is -2.45. The average Bonchev–Trinajstić information content (AvgIpc) is 2.62. The van der Waals surface area contributed by atoms with Gasteiger partial charge in [0, 0.05) is 48.2 Å². The lowest BCUT2D eigenvalue weighted by molar-refractivity contribution is -0.120. The molecule has 1 atom stereocenters. The van der Waals surface area contributed by atoms with Crippen molar-refractivity contribution in [3.05, 3.63) is 39.9 Å². The molecule has 0 bridgehead atoms. The van der Waals surface area contributed by atoms with Crippen LogP contribution in [0.5, 0.6) is 0 Å². The number of rotatable bonds is 6. The second kappa shape index (κ2) is 8.67. The highest BCUT2D eigenvalue weighted by Gasteiger charge is 2.30. The van der Waals surface area contributed by atoms with Crippen LogP contribution in [0.3, 0.4) is 0 Å². The third kappa shape index (κ3) is 4.54. The molecule has 2 aliphatic rings. The van der Waals surface area contributed by atoms with Gasteiger partial charge in [-0.05, 0) is 58.5 Å². The molecule has 0 spiro atoms. The summed E-state index contributed by atoms with van der Waals surface area (Å²) in [5, 5.41) is 3.44. The maximum atomic E-state index is 12.9. The SMILES string of the molecule is CCN(c1cc(Cl)cc(C(=O)NCC2C(=O)N=C(C)C=C2C)c1C)C1CN(C)C1. The standard InChI is InChI=1S/C22H29ClN4O2/c1-6-27(17-11-26(5)12-17)20-9-16(23)8-18(15(20)4)21(28)24-10-19-13(2)7-14(3)25-22(19)29/h7-9,17,19H,6,10-12H2,1-5H3,(H,24,28). The van der Waals surface area contributed by atoms with Gasteiger partial charge in [-0.25, -0.2) is 4.99 Å². The van der Waals surface area contributed by atoms with Crippen molar-refractivity contribution >= 4 is 34.8 Å². The van der Waals surface area contributed by atoms with E-state index in [-0.39, 0.29) is 18.4 Å². The number of dihydropyridines is 1. The van der Waals surface area contributed by atoms with Crippen LogP contribution < -0.4 is 10.2 Å². The Kier molecular flexibility index (Phi) is 6.44. The highest BCUT2D eigenvalue weighted by Crippen LogP contribution is 2.31. The molecule has 1 unspecified atom stereocenters. The maximum Gasteiger partial charge on any atom is 0.254 e. The van der Waals surface area contributed by atoms with Crippen LogP contribution in [-0.4, -0.2) is 61.7 Å². The minimum Gasteiger partial charge on any atom is -0.366 e. The first-order valence-electron chi connectivity index (χ1n) is 10.0. The third-order valence-electron chi connectivity index (χ3n) is 5.76. The maximum absolute atomic E-state index is 12.9. The summed E-state index contributed by atoms with van der Waals surface area (Å²) in [6.07, 6.45) is 1.88. The van der Waals surface area contributed by atoms with Crippen LogP contribution in [0.15, 0.2) is 28.8 Å². The van der Waals surface area contributed by atoms with E-state index < -0.39 is 5.92 Å². The second-order valence-electron chi connectivity index (χ2n) is 8.00. The van der Waals surface area contributed by atoms with Gasteiger partial charge in [-0.1, -0.05) is 17.2 Å². The Hall–Kier alpha value is -2.18. The Labute approximate surface area is 177 Å². The Morgan fingerprint density at radius 2 is 2.00 bits per heavy atom. The number of anilines is 1. The second-order valence-corrected chi connectivity index (χ2v) is 8.44. The fourth-order valence-corrected chi connectivity index (χ4v) is 4.35. The quantitative estimate of drug-likeness (QED) is 0.773. The Balaban J connectivity index is 1.78. The summed E-state index contributed by atoms with van der Waals surface area (Å²) in [5.74, 6) is -0.850. The topological polar surface area (TPSA) is 65.0 Å². The van der Waals surface area contributed by atoms with Gasteiger partial charge in [0.25, 0.3) is 11.8 Å². The molecule has 2 heterocycles. The van der Waals surface area contributed by atoms with E-state index in [9.17, 15) is 9.59 Å². The number of nitrogens with zero attached hydrogens (tertiary/aromatic N) is 3. The summed E-state index contributed by atoms with van der Waals surface area (Å²) < 4.78 is 0. The number of aliphatic imine (C=N–C) groups is 1.